The van der Waals surface area contributed by atoms with Crippen molar-refractivity contribution in [1.82, 2.24) is 4.98 Å². The molecule has 24 heavy (non-hydrogen) atoms. The Morgan fingerprint density at radius 3 is 2.58 bits per heavy atom. The second kappa shape index (κ2) is 5.89. The monoisotopic (exact) mass is 334 g/mol. The highest BCUT2D eigenvalue weighted by molar-refractivity contribution is 7.17. The number of aromatic nitrogens is 1. The van der Waals surface area contributed by atoms with Crippen LogP contribution in [0, 0.1) is 0 Å². The molecule has 0 saturated heterocycles. The van der Waals surface area contributed by atoms with Crippen LogP contribution in [0.25, 0.3) is 32.1 Å². The first-order valence-electron chi connectivity index (χ1n) is 7.88. The molecule has 2 aromatic heterocycles. The van der Waals surface area contributed by atoms with Gasteiger partial charge >= 0.3 is 0 Å². The summed E-state index contributed by atoms with van der Waals surface area (Å²) in [7, 11) is 1.71. The minimum atomic E-state index is 0.0266. The average Bonchev–Trinajstić information content (AvgIpc) is 3.09. The normalized spacial score (nSPS) is 12.6. The van der Waals surface area contributed by atoms with Gasteiger partial charge in [-0.25, -0.2) is 0 Å². The molecular formula is C20H18N2OS. The zero-order valence-electron chi connectivity index (χ0n) is 13.6. The van der Waals surface area contributed by atoms with E-state index < -0.39 is 0 Å². The maximum Gasteiger partial charge on any atom is 0.127 e. The second-order valence-corrected chi connectivity index (χ2v) is 6.85. The van der Waals surface area contributed by atoms with Gasteiger partial charge in [0.2, 0.25) is 0 Å². The summed E-state index contributed by atoms with van der Waals surface area (Å²) < 4.78 is 6.85. The van der Waals surface area contributed by atoms with E-state index in [1.165, 1.54) is 10.1 Å². The number of rotatable bonds is 3. The van der Waals surface area contributed by atoms with E-state index in [9.17, 15) is 0 Å². The summed E-state index contributed by atoms with van der Waals surface area (Å²) in [6.07, 6.45) is 1.94. The van der Waals surface area contributed by atoms with Gasteiger partial charge in [0.05, 0.1) is 17.3 Å². The minimum absolute atomic E-state index is 0.0266. The van der Waals surface area contributed by atoms with Gasteiger partial charge in [-0.15, -0.1) is 11.3 Å². The molecule has 0 unspecified atom stereocenters. The number of fused-ring (bicyclic) bond motifs is 3. The van der Waals surface area contributed by atoms with Crippen molar-refractivity contribution < 1.29 is 4.74 Å². The first-order valence-corrected chi connectivity index (χ1v) is 8.76. The standard InChI is InChI=1S/C20H18N2OS/c1-12(21)13-3-5-14(6-4-13)19-17(23-2)8-7-16-20(19)15-9-10-24-18(15)11-22-16/h3-12H,21H2,1-2H3/t12-/m0/s1. The molecule has 2 N–H and O–H groups in total. The molecule has 0 spiro atoms. The van der Waals surface area contributed by atoms with Crippen LogP contribution in [-0.2, 0) is 0 Å². The summed E-state index contributed by atoms with van der Waals surface area (Å²) in [5.41, 5.74) is 10.3. The van der Waals surface area contributed by atoms with Crippen molar-refractivity contribution in [3.05, 3.63) is 59.6 Å². The van der Waals surface area contributed by atoms with Crippen LogP contribution in [0.1, 0.15) is 18.5 Å². The summed E-state index contributed by atoms with van der Waals surface area (Å²) in [6, 6.07) is 14.6. The molecule has 120 valence electrons. The molecule has 4 rings (SSSR count). The minimum Gasteiger partial charge on any atom is -0.496 e. The maximum absolute atomic E-state index is 5.98. The summed E-state index contributed by atoms with van der Waals surface area (Å²) in [4.78, 5) is 4.62. The van der Waals surface area contributed by atoms with Crippen molar-refractivity contribution in [3.8, 4) is 16.9 Å². The first-order chi connectivity index (χ1) is 11.7. The fourth-order valence-electron chi connectivity index (χ4n) is 3.12. The summed E-state index contributed by atoms with van der Waals surface area (Å²) in [5.74, 6) is 0.858. The zero-order chi connectivity index (χ0) is 16.7. The topological polar surface area (TPSA) is 48.1 Å². The van der Waals surface area contributed by atoms with Crippen LogP contribution in [0.3, 0.4) is 0 Å². The maximum atomic E-state index is 5.98. The van der Waals surface area contributed by atoms with Gasteiger partial charge in [-0.2, -0.15) is 0 Å². The largest absolute Gasteiger partial charge is 0.496 e. The van der Waals surface area contributed by atoms with Crippen molar-refractivity contribution in [2.45, 2.75) is 13.0 Å². The van der Waals surface area contributed by atoms with E-state index in [1.807, 2.05) is 25.3 Å². The quantitative estimate of drug-likeness (QED) is 0.564. The summed E-state index contributed by atoms with van der Waals surface area (Å²) in [5, 5.41) is 4.46. The molecule has 4 heteroatoms. The molecule has 0 amide bonds. The van der Waals surface area contributed by atoms with Gasteiger partial charge in [-0.05, 0) is 41.6 Å². The molecule has 3 nitrogen and oxygen atoms in total. The Balaban J connectivity index is 2.06. The van der Waals surface area contributed by atoms with Gasteiger partial charge in [0.25, 0.3) is 0 Å². The van der Waals surface area contributed by atoms with Gasteiger partial charge in [0.15, 0.2) is 0 Å². The fraction of sp³-hybridized carbons (Fsp3) is 0.150. The van der Waals surface area contributed by atoms with Gasteiger partial charge in [0, 0.05) is 28.6 Å². The molecule has 1 atom stereocenters. The smallest absolute Gasteiger partial charge is 0.127 e. The van der Waals surface area contributed by atoms with Crippen LogP contribution < -0.4 is 10.5 Å². The van der Waals surface area contributed by atoms with E-state index in [0.29, 0.717) is 0 Å². The predicted molar refractivity (Wildman–Crippen MR) is 102 cm³/mol. The molecule has 0 radical (unpaired) electrons. The number of pyridine rings is 1. The van der Waals surface area contributed by atoms with Crippen LogP contribution >= 0.6 is 11.3 Å². The summed E-state index contributed by atoms with van der Waals surface area (Å²) in [6.45, 7) is 1.99. The molecule has 0 aliphatic heterocycles. The molecule has 0 aliphatic rings. The lowest BCUT2D eigenvalue weighted by Gasteiger charge is -2.14. The Kier molecular flexibility index (Phi) is 3.71. The second-order valence-electron chi connectivity index (χ2n) is 5.90. The van der Waals surface area contributed by atoms with Gasteiger partial charge in [-0.1, -0.05) is 24.3 Å². The Morgan fingerprint density at radius 1 is 1.08 bits per heavy atom. The number of nitrogens with two attached hydrogens (primary N) is 1. The van der Waals surface area contributed by atoms with Crippen LogP contribution in [0.2, 0.25) is 0 Å². The molecule has 2 aromatic carbocycles. The van der Waals surface area contributed by atoms with E-state index in [4.69, 9.17) is 10.5 Å². The SMILES string of the molecule is COc1ccc2ncc3sccc3c2c1-c1ccc([C@H](C)N)cc1. The van der Waals surface area contributed by atoms with Crippen molar-refractivity contribution >= 4 is 32.3 Å². The Morgan fingerprint density at radius 2 is 1.88 bits per heavy atom. The third kappa shape index (κ3) is 2.35. The number of thiophene rings is 1. The Hall–Kier alpha value is -2.43. The number of methoxy groups -OCH3 is 1. The number of hydrogen-bond donors (Lipinski definition) is 1. The van der Waals surface area contributed by atoms with Crippen molar-refractivity contribution in [2.24, 2.45) is 5.73 Å². The Bertz CT molecular complexity index is 1020. The molecule has 0 aliphatic carbocycles. The summed E-state index contributed by atoms with van der Waals surface area (Å²) >= 11 is 1.71. The molecule has 4 aromatic rings. The third-order valence-electron chi connectivity index (χ3n) is 4.38. The highest BCUT2D eigenvalue weighted by Crippen LogP contribution is 2.41. The van der Waals surface area contributed by atoms with Crippen LogP contribution in [0.15, 0.2) is 54.0 Å². The van der Waals surface area contributed by atoms with E-state index in [-0.39, 0.29) is 6.04 Å². The lowest BCUT2D eigenvalue weighted by atomic mass is 9.96. The highest BCUT2D eigenvalue weighted by atomic mass is 32.1. The van der Waals surface area contributed by atoms with Gasteiger partial charge in [0.1, 0.15) is 5.75 Å². The predicted octanol–water partition coefficient (Wildman–Crippen LogP) is 5.14. The molecule has 2 heterocycles. The van der Waals surface area contributed by atoms with Gasteiger partial charge in [-0.3, -0.25) is 4.98 Å². The molecule has 0 saturated carbocycles. The number of ether oxygens (including phenoxy) is 1. The van der Waals surface area contributed by atoms with Gasteiger partial charge < -0.3 is 10.5 Å². The zero-order valence-corrected chi connectivity index (χ0v) is 14.4. The van der Waals surface area contributed by atoms with E-state index >= 15 is 0 Å². The van der Waals surface area contributed by atoms with Crippen molar-refractivity contribution in [3.63, 3.8) is 0 Å². The lowest BCUT2D eigenvalue weighted by Crippen LogP contribution is -2.04. The van der Waals surface area contributed by atoms with E-state index in [2.05, 4.69) is 40.7 Å². The van der Waals surface area contributed by atoms with Crippen molar-refractivity contribution in [2.75, 3.05) is 7.11 Å². The fourth-order valence-corrected chi connectivity index (χ4v) is 3.88. The van der Waals surface area contributed by atoms with E-state index in [1.54, 1.807) is 18.4 Å². The average molecular weight is 334 g/mol. The molecule has 0 bridgehead atoms. The van der Waals surface area contributed by atoms with Crippen LogP contribution in [-0.4, -0.2) is 12.1 Å². The number of benzene rings is 2. The van der Waals surface area contributed by atoms with Crippen LogP contribution in [0.4, 0.5) is 0 Å². The van der Waals surface area contributed by atoms with E-state index in [0.717, 1.165) is 33.3 Å². The molecular weight excluding hydrogens is 316 g/mol. The van der Waals surface area contributed by atoms with Crippen molar-refractivity contribution in [1.29, 1.82) is 0 Å². The Labute approximate surface area is 144 Å². The molecule has 0 fully saturated rings. The third-order valence-corrected chi connectivity index (χ3v) is 5.23. The first kappa shape index (κ1) is 15.1. The number of nitrogens with zero attached hydrogens (tertiary/aromatic N) is 1. The lowest BCUT2D eigenvalue weighted by molar-refractivity contribution is 0.417. The number of hydrogen-bond acceptors (Lipinski definition) is 4. The highest BCUT2D eigenvalue weighted by Gasteiger charge is 2.15. The van der Waals surface area contributed by atoms with Crippen LogP contribution in [0.5, 0.6) is 5.75 Å².